The summed E-state index contributed by atoms with van der Waals surface area (Å²) in [6.45, 7) is 7.80. The Bertz CT molecular complexity index is 303. The van der Waals surface area contributed by atoms with E-state index < -0.39 is 0 Å². The average molecular weight is 293 g/mol. The summed E-state index contributed by atoms with van der Waals surface area (Å²) in [6.07, 6.45) is 16.1. The zero-order valence-corrected chi connectivity index (χ0v) is 14.2. The van der Waals surface area contributed by atoms with Crippen LogP contribution in [0.1, 0.15) is 77.6 Å². The molecule has 1 aliphatic heterocycles. The summed E-state index contributed by atoms with van der Waals surface area (Å²) < 4.78 is 0. The smallest absolute Gasteiger partial charge is 0.0223 e. The van der Waals surface area contributed by atoms with Crippen LogP contribution in [0, 0.1) is 11.3 Å². The van der Waals surface area contributed by atoms with E-state index in [1.54, 1.807) is 0 Å². The van der Waals surface area contributed by atoms with Crippen molar-refractivity contribution in [3.05, 3.63) is 0 Å². The Kier molecular flexibility index (Phi) is 5.61. The molecule has 1 N–H and O–H groups in total. The van der Waals surface area contributed by atoms with Crippen molar-refractivity contribution in [1.82, 2.24) is 10.2 Å². The van der Waals surface area contributed by atoms with Crippen molar-refractivity contribution in [2.75, 3.05) is 26.2 Å². The number of nitrogens with one attached hydrogen (secondary N) is 1. The molecule has 2 aliphatic carbocycles. The van der Waals surface area contributed by atoms with Crippen LogP contribution in [-0.2, 0) is 0 Å². The first-order valence-corrected chi connectivity index (χ1v) is 9.71. The molecule has 0 aromatic heterocycles. The lowest BCUT2D eigenvalue weighted by Gasteiger charge is -2.40. The summed E-state index contributed by atoms with van der Waals surface area (Å²) in [5.41, 5.74) is 0.611. The molecule has 0 bridgehead atoms. The minimum Gasteiger partial charge on any atom is -0.312 e. The topological polar surface area (TPSA) is 15.3 Å². The molecule has 0 aromatic rings. The summed E-state index contributed by atoms with van der Waals surface area (Å²) in [6, 6.07) is 0.778. The second kappa shape index (κ2) is 7.46. The largest absolute Gasteiger partial charge is 0.312 e. The van der Waals surface area contributed by atoms with Crippen molar-refractivity contribution in [3.63, 3.8) is 0 Å². The predicted octanol–water partition coefficient (Wildman–Crippen LogP) is 4.20. The monoisotopic (exact) mass is 292 g/mol. The van der Waals surface area contributed by atoms with Gasteiger partial charge in [-0.05, 0) is 56.5 Å². The molecular weight excluding hydrogens is 256 g/mol. The fraction of sp³-hybridized carbons (Fsp3) is 1.00. The van der Waals surface area contributed by atoms with Gasteiger partial charge in [0.15, 0.2) is 0 Å². The summed E-state index contributed by atoms with van der Waals surface area (Å²) in [5.74, 6) is 0.957. The normalized spacial score (nSPS) is 32.7. The minimum absolute atomic E-state index is 0.611. The Labute approximate surface area is 132 Å². The number of rotatable bonds is 3. The first-order valence-electron chi connectivity index (χ1n) is 9.71. The minimum atomic E-state index is 0.611. The highest BCUT2D eigenvalue weighted by Gasteiger charge is 2.32. The fourth-order valence-corrected chi connectivity index (χ4v) is 5.12. The maximum Gasteiger partial charge on any atom is 0.0223 e. The van der Waals surface area contributed by atoms with Crippen molar-refractivity contribution in [2.45, 2.75) is 83.6 Å². The first kappa shape index (κ1) is 15.8. The molecular formula is C19H36N2. The lowest BCUT2D eigenvalue weighted by atomic mass is 9.75. The molecule has 3 rings (SSSR count). The number of nitrogens with zero attached hydrogens (tertiary/aromatic N) is 1. The zero-order valence-electron chi connectivity index (χ0n) is 14.2. The molecule has 0 aromatic carbocycles. The molecule has 3 aliphatic rings. The summed E-state index contributed by atoms with van der Waals surface area (Å²) in [7, 11) is 0. The Morgan fingerprint density at radius 1 is 0.952 bits per heavy atom. The molecule has 1 unspecified atom stereocenters. The van der Waals surface area contributed by atoms with Gasteiger partial charge >= 0.3 is 0 Å². The van der Waals surface area contributed by atoms with Crippen molar-refractivity contribution in [3.8, 4) is 0 Å². The van der Waals surface area contributed by atoms with E-state index in [9.17, 15) is 0 Å². The van der Waals surface area contributed by atoms with Gasteiger partial charge in [-0.15, -0.1) is 0 Å². The van der Waals surface area contributed by atoms with Gasteiger partial charge in [-0.3, -0.25) is 0 Å². The van der Waals surface area contributed by atoms with Crippen LogP contribution in [0.5, 0.6) is 0 Å². The molecule has 0 radical (unpaired) electrons. The molecule has 0 amide bonds. The van der Waals surface area contributed by atoms with Crippen LogP contribution in [-0.4, -0.2) is 37.1 Å². The zero-order chi connectivity index (χ0) is 14.5. The standard InChI is InChI=1S/C19H36N2/c1-19(11-6-3-7-12-19)16-21-14-8-13-20-18(15-21)17-9-4-2-5-10-17/h17-18,20H,2-16H2,1H3. The van der Waals surface area contributed by atoms with Crippen LogP contribution >= 0.6 is 0 Å². The van der Waals surface area contributed by atoms with Gasteiger partial charge in [0.25, 0.3) is 0 Å². The van der Waals surface area contributed by atoms with Crippen LogP contribution in [0.2, 0.25) is 0 Å². The van der Waals surface area contributed by atoms with E-state index in [1.807, 2.05) is 0 Å². The SMILES string of the molecule is CC1(CN2CCCNC(C3CCCCC3)C2)CCCCC1. The second-order valence-corrected chi connectivity index (χ2v) is 8.42. The average Bonchev–Trinajstić information content (AvgIpc) is 2.74. The first-order chi connectivity index (χ1) is 10.3. The molecule has 1 saturated heterocycles. The Morgan fingerprint density at radius 3 is 2.43 bits per heavy atom. The molecule has 122 valence electrons. The van der Waals surface area contributed by atoms with Crippen molar-refractivity contribution < 1.29 is 0 Å². The molecule has 1 atom stereocenters. The Morgan fingerprint density at radius 2 is 1.67 bits per heavy atom. The van der Waals surface area contributed by atoms with Gasteiger partial charge in [0.05, 0.1) is 0 Å². The van der Waals surface area contributed by atoms with Gasteiger partial charge in [0.2, 0.25) is 0 Å². The van der Waals surface area contributed by atoms with E-state index in [2.05, 4.69) is 17.1 Å². The lowest BCUT2D eigenvalue weighted by molar-refractivity contribution is 0.110. The summed E-state index contributed by atoms with van der Waals surface area (Å²) in [4.78, 5) is 2.82. The predicted molar refractivity (Wildman–Crippen MR) is 90.6 cm³/mol. The third kappa shape index (κ3) is 4.45. The maximum atomic E-state index is 3.89. The van der Waals surface area contributed by atoms with Crippen LogP contribution in [0.25, 0.3) is 0 Å². The van der Waals surface area contributed by atoms with Gasteiger partial charge in [-0.1, -0.05) is 45.4 Å². The van der Waals surface area contributed by atoms with Crippen molar-refractivity contribution >= 4 is 0 Å². The van der Waals surface area contributed by atoms with Gasteiger partial charge < -0.3 is 10.2 Å². The molecule has 0 spiro atoms. The maximum absolute atomic E-state index is 3.89. The number of hydrogen-bond acceptors (Lipinski definition) is 2. The molecule has 3 fully saturated rings. The van der Waals surface area contributed by atoms with Crippen LogP contribution < -0.4 is 5.32 Å². The highest BCUT2D eigenvalue weighted by atomic mass is 15.2. The van der Waals surface area contributed by atoms with Gasteiger partial charge in [0.1, 0.15) is 0 Å². The quantitative estimate of drug-likeness (QED) is 0.838. The molecule has 2 saturated carbocycles. The van der Waals surface area contributed by atoms with Crippen molar-refractivity contribution in [2.24, 2.45) is 11.3 Å². The van der Waals surface area contributed by atoms with Gasteiger partial charge in [-0.25, -0.2) is 0 Å². The van der Waals surface area contributed by atoms with E-state index in [4.69, 9.17) is 0 Å². The van der Waals surface area contributed by atoms with E-state index in [0.29, 0.717) is 5.41 Å². The second-order valence-electron chi connectivity index (χ2n) is 8.42. The summed E-state index contributed by atoms with van der Waals surface area (Å²) >= 11 is 0. The molecule has 1 heterocycles. The molecule has 2 heteroatoms. The third-order valence-electron chi connectivity index (χ3n) is 6.40. The Hall–Kier alpha value is -0.0800. The van der Waals surface area contributed by atoms with Crippen LogP contribution in [0.3, 0.4) is 0 Å². The van der Waals surface area contributed by atoms with E-state index in [-0.39, 0.29) is 0 Å². The molecule has 21 heavy (non-hydrogen) atoms. The fourth-order valence-electron chi connectivity index (χ4n) is 5.12. The molecule has 2 nitrogen and oxygen atoms in total. The summed E-state index contributed by atoms with van der Waals surface area (Å²) in [5, 5.41) is 3.89. The lowest BCUT2D eigenvalue weighted by Crippen LogP contribution is -2.46. The van der Waals surface area contributed by atoms with Gasteiger partial charge in [-0.2, -0.15) is 0 Å². The van der Waals surface area contributed by atoms with Crippen LogP contribution in [0.15, 0.2) is 0 Å². The van der Waals surface area contributed by atoms with Crippen molar-refractivity contribution in [1.29, 1.82) is 0 Å². The van der Waals surface area contributed by atoms with E-state index >= 15 is 0 Å². The van der Waals surface area contributed by atoms with Crippen LogP contribution in [0.4, 0.5) is 0 Å². The highest BCUT2D eigenvalue weighted by molar-refractivity contribution is 4.88. The Balaban J connectivity index is 1.56. The highest BCUT2D eigenvalue weighted by Crippen LogP contribution is 2.37. The van der Waals surface area contributed by atoms with Gasteiger partial charge in [0, 0.05) is 19.1 Å². The number of hydrogen-bond donors (Lipinski definition) is 1. The van der Waals surface area contributed by atoms with E-state index in [0.717, 1.165) is 12.0 Å². The van der Waals surface area contributed by atoms with E-state index in [1.165, 1.54) is 96.8 Å². The third-order valence-corrected chi connectivity index (χ3v) is 6.40.